The van der Waals surface area contributed by atoms with Crippen LogP contribution in [-0.2, 0) is 16.7 Å². The van der Waals surface area contributed by atoms with Gasteiger partial charge in [0.15, 0.2) is 0 Å². The first-order valence-electron chi connectivity index (χ1n) is 10.6. The van der Waals surface area contributed by atoms with Crippen molar-refractivity contribution in [3.63, 3.8) is 0 Å². The quantitative estimate of drug-likeness (QED) is 0.286. The van der Waals surface area contributed by atoms with Gasteiger partial charge in [0, 0.05) is 31.9 Å². The Balaban J connectivity index is 0.000000235. The highest BCUT2D eigenvalue weighted by Crippen LogP contribution is 2.22. The number of anilines is 1. The van der Waals surface area contributed by atoms with Crippen molar-refractivity contribution >= 4 is 49.5 Å². The average Bonchev–Trinajstić information content (AvgIpc) is 3.15. The molecule has 1 aromatic heterocycles. The van der Waals surface area contributed by atoms with Crippen molar-refractivity contribution in [2.45, 2.75) is 25.3 Å². The van der Waals surface area contributed by atoms with Crippen molar-refractivity contribution in [1.82, 2.24) is 0 Å². The minimum atomic E-state index is -4.27. The molecule has 0 atom stereocenters. The van der Waals surface area contributed by atoms with Gasteiger partial charge in [-0.05, 0) is 55.8 Å². The van der Waals surface area contributed by atoms with Gasteiger partial charge in [0.1, 0.15) is 21.4 Å². The summed E-state index contributed by atoms with van der Waals surface area (Å²) >= 11 is 1.84. The number of rotatable bonds is 5. The van der Waals surface area contributed by atoms with Gasteiger partial charge < -0.3 is 9.45 Å². The normalized spacial score (nSPS) is 11.4. The van der Waals surface area contributed by atoms with Crippen molar-refractivity contribution in [2.24, 2.45) is 0 Å². The van der Waals surface area contributed by atoms with Crippen LogP contribution in [0.15, 0.2) is 77.7 Å². The molecule has 0 unspecified atom stereocenters. The molecule has 3 aromatic carbocycles. The van der Waals surface area contributed by atoms with Gasteiger partial charge in [-0.1, -0.05) is 53.3 Å². The number of benzene rings is 3. The first-order valence-corrected chi connectivity index (χ1v) is 12.8. The van der Waals surface area contributed by atoms with Crippen molar-refractivity contribution in [3.8, 4) is 0 Å². The molecular formula is C26H28N2O3S2. The van der Waals surface area contributed by atoms with E-state index >= 15 is 0 Å². The van der Waals surface area contributed by atoms with Crippen molar-refractivity contribution in [3.05, 3.63) is 88.9 Å². The van der Waals surface area contributed by atoms with Crippen LogP contribution in [0.5, 0.6) is 0 Å². The minimum absolute atomic E-state index is 0.178. The molecule has 1 heterocycles. The van der Waals surface area contributed by atoms with Crippen LogP contribution >= 0.6 is 11.3 Å². The molecule has 4 rings (SSSR count). The zero-order chi connectivity index (χ0) is 24.0. The van der Waals surface area contributed by atoms with Gasteiger partial charge >= 0.3 is 0 Å². The van der Waals surface area contributed by atoms with E-state index in [-0.39, 0.29) is 4.90 Å². The van der Waals surface area contributed by atoms with E-state index in [9.17, 15) is 13.0 Å². The van der Waals surface area contributed by atoms with E-state index in [1.165, 1.54) is 38.6 Å². The fraction of sp³-hybridized carbons (Fsp3) is 0.192. The summed E-state index contributed by atoms with van der Waals surface area (Å²) in [5.41, 5.74) is 4.70. The SMILES string of the molecule is CC[n+]1c(C=Cc2ccc(N(C)C)cc2)sc2ccccc21.Cc1ccc(S(=O)(=O)[O-])cc1. The Hall–Kier alpha value is -3.00. The van der Waals surface area contributed by atoms with Gasteiger partial charge in [-0.15, -0.1) is 0 Å². The smallest absolute Gasteiger partial charge is 0.262 e. The fourth-order valence-corrected chi connectivity index (χ4v) is 4.86. The molecule has 0 N–H and O–H groups in total. The van der Waals surface area contributed by atoms with Crippen molar-refractivity contribution in [2.75, 3.05) is 19.0 Å². The van der Waals surface area contributed by atoms with Crippen LogP contribution in [0.4, 0.5) is 5.69 Å². The lowest BCUT2D eigenvalue weighted by molar-refractivity contribution is -0.665. The summed E-state index contributed by atoms with van der Waals surface area (Å²) in [7, 11) is -0.146. The second kappa shape index (κ2) is 10.7. The number of fused-ring (bicyclic) bond motifs is 1. The molecule has 0 aliphatic carbocycles. The number of aryl methyl sites for hydroxylation is 2. The van der Waals surface area contributed by atoms with Gasteiger partial charge in [-0.25, -0.2) is 8.42 Å². The largest absolute Gasteiger partial charge is 0.744 e. The average molecular weight is 481 g/mol. The van der Waals surface area contributed by atoms with Crippen LogP contribution in [-0.4, -0.2) is 27.1 Å². The Bertz CT molecular complexity index is 1340. The first kappa shape index (κ1) is 24.6. The number of thiazole rings is 1. The van der Waals surface area contributed by atoms with Crippen LogP contribution in [0.3, 0.4) is 0 Å². The number of nitrogens with zero attached hydrogens (tertiary/aromatic N) is 2. The molecule has 0 spiro atoms. The molecule has 7 heteroatoms. The van der Waals surface area contributed by atoms with E-state index in [1.807, 2.05) is 18.3 Å². The Kier molecular flexibility index (Phi) is 8.02. The Morgan fingerprint density at radius 2 is 1.58 bits per heavy atom. The molecule has 0 saturated carbocycles. The molecular weight excluding hydrogens is 452 g/mol. The maximum Gasteiger partial charge on any atom is 0.262 e. The van der Waals surface area contributed by atoms with Crippen LogP contribution < -0.4 is 9.47 Å². The maximum absolute atomic E-state index is 10.4. The molecule has 0 fully saturated rings. The molecule has 0 bridgehead atoms. The zero-order valence-electron chi connectivity index (χ0n) is 19.2. The van der Waals surface area contributed by atoms with Gasteiger partial charge in [0.25, 0.3) is 5.01 Å². The van der Waals surface area contributed by atoms with Crippen molar-refractivity contribution < 1.29 is 17.5 Å². The predicted octanol–water partition coefficient (Wildman–Crippen LogP) is 5.34. The third kappa shape index (κ3) is 6.51. The standard InChI is InChI=1S/C19H21N2S.C7H8O3S/c1-4-21-17-7-5-6-8-18(17)22-19(21)14-11-15-9-12-16(13-10-15)20(2)3;1-6-2-4-7(5-3-6)11(8,9)10/h5-14H,4H2,1-3H3;2-5H,1H3,(H,8,9,10)/q+1;/p-1. The van der Waals surface area contributed by atoms with Crippen LogP contribution in [0.25, 0.3) is 22.4 Å². The van der Waals surface area contributed by atoms with Crippen LogP contribution in [0, 0.1) is 6.92 Å². The summed E-state index contributed by atoms with van der Waals surface area (Å²) in [6.45, 7) is 5.01. The summed E-state index contributed by atoms with van der Waals surface area (Å²) in [4.78, 5) is 1.94. The maximum atomic E-state index is 10.4. The number of aromatic nitrogens is 1. The Morgan fingerprint density at radius 3 is 2.15 bits per heavy atom. The second-order valence-electron chi connectivity index (χ2n) is 7.74. The summed E-state index contributed by atoms with van der Waals surface area (Å²) in [5, 5.41) is 1.29. The predicted molar refractivity (Wildman–Crippen MR) is 137 cm³/mol. The molecule has 4 aromatic rings. The molecule has 0 aliphatic rings. The van der Waals surface area contributed by atoms with Crippen molar-refractivity contribution in [1.29, 1.82) is 0 Å². The molecule has 0 aliphatic heterocycles. The molecule has 33 heavy (non-hydrogen) atoms. The highest BCUT2D eigenvalue weighted by atomic mass is 32.2. The third-order valence-corrected chi connectivity index (χ3v) is 7.07. The minimum Gasteiger partial charge on any atom is -0.744 e. The molecule has 5 nitrogen and oxygen atoms in total. The van der Waals surface area contributed by atoms with Crippen LogP contribution in [0.1, 0.15) is 23.1 Å². The molecule has 172 valence electrons. The summed E-state index contributed by atoms with van der Waals surface area (Å²) in [6.07, 6.45) is 4.41. The first-order chi connectivity index (χ1) is 15.7. The third-order valence-electron chi connectivity index (χ3n) is 5.09. The summed E-state index contributed by atoms with van der Waals surface area (Å²) < 4.78 is 34.9. The van der Waals surface area contributed by atoms with E-state index in [0.29, 0.717) is 0 Å². The van der Waals surface area contributed by atoms with Gasteiger partial charge in [-0.2, -0.15) is 4.57 Å². The fourth-order valence-electron chi connectivity index (χ4n) is 3.26. The van der Waals surface area contributed by atoms with E-state index in [2.05, 4.69) is 91.2 Å². The lowest BCUT2D eigenvalue weighted by atomic mass is 10.2. The zero-order valence-corrected chi connectivity index (χ0v) is 20.9. The van der Waals surface area contributed by atoms with Crippen LogP contribution in [0.2, 0.25) is 0 Å². The van der Waals surface area contributed by atoms with E-state index in [4.69, 9.17) is 0 Å². The Morgan fingerprint density at radius 1 is 0.939 bits per heavy atom. The number of hydrogen-bond acceptors (Lipinski definition) is 5. The lowest BCUT2D eigenvalue weighted by Crippen LogP contribution is -2.33. The Labute approximate surface area is 200 Å². The van der Waals surface area contributed by atoms with E-state index < -0.39 is 10.1 Å². The number of para-hydroxylation sites is 1. The van der Waals surface area contributed by atoms with Gasteiger partial charge in [-0.3, -0.25) is 0 Å². The summed E-state index contributed by atoms with van der Waals surface area (Å²) in [5.74, 6) is 0. The molecule has 0 radical (unpaired) electrons. The highest BCUT2D eigenvalue weighted by Gasteiger charge is 2.15. The summed E-state index contributed by atoms with van der Waals surface area (Å²) in [6, 6.07) is 23.0. The van der Waals surface area contributed by atoms with Gasteiger partial charge in [0.2, 0.25) is 5.52 Å². The second-order valence-corrected chi connectivity index (χ2v) is 10.2. The number of hydrogen-bond donors (Lipinski definition) is 0. The topological polar surface area (TPSA) is 64.3 Å². The van der Waals surface area contributed by atoms with E-state index in [1.54, 1.807) is 12.1 Å². The molecule has 0 saturated heterocycles. The van der Waals surface area contributed by atoms with Gasteiger partial charge in [0.05, 0.1) is 4.90 Å². The lowest BCUT2D eigenvalue weighted by Gasteiger charge is -2.11. The monoisotopic (exact) mass is 480 g/mol. The molecule has 0 amide bonds. The van der Waals surface area contributed by atoms with E-state index in [0.717, 1.165) is 12.1 Å². The highest BCUT2D eigenvalue weighted by molar-refractivity contribution is 7.85.